The van der Waals surface area contributed by atoms with E-state index in [9.17, 15) is 4.79 Å². The van der Waals surface area contributed by atoms with Crippen molar-refractivity contribution in [2.75, 3.05) is 11.9 Å². The van der Waals surface area contributed by atoms with Gasteiger partial charge in [-0.2, -0.15) is 5.26 Å². The molecule has 18 heavy (non-hydrogen) atoms. The SMILES string of the molecule is CC(C)C(C)OCC(=O)Nc1ccc(C#N)cc1. The lowest BCUT2D eigenvalue weighted by molar-refractivity contribution is -0.123. The summed E-state index contributed by atoms with van der Waals surface area (Å²) in [5, 5.41) is 11.4. The average Bonchev–Trinajstić information content (AvgIpc) is 2.36. The van der Waals surface area contributed by atoms with Crippen LogP contribution in [0.2, 0.25) is 0 Å². The summed E-state index contributed by atoms with van der Waals surface area (Å²) in [7, 11) is 0. The predicted molar refractivity (Wildman–Crippen MR) is 70.0 cm³/mol. The van der Waals surface area contributed by atoms with Gasteiger partial charge in [0.15, 0.2) is 0 Å². The number of hydrogen-bond donors (Lipinski definition) is 1. The number of carbonyl (C=O) groups is 1. The molecule has 0 spiro atoms. The number of rotatable bonds is 5. The van der Waals surface area contributed by atoms with Crippen LogP contribution >= 0.6 is 0 Å². The number of nitrogens with one attached hydrogen (secondary N) is 1. The standard InChI is InChI=1S/C14H18N2O2/c1-10(2)11(3)18-9-14(17)16-13-6-4-12(8-15)5-7-13/h4-7,10-11H,9H2,1-3H3,(H,16,17). The third-order valence-electron chi connectivity index (χ3n) is 2.71. The van der Waals surface area contributed by atoms with E-state index in [2.05, 4.69) is 5.32 Å². The van der Waals surface area contributed by atoms with E-state index >= 15 is 0 Å². The molecule has 1 rings (SSSR count). The number of hydrogen-bond acceptors (Lipinski definition) is 3. The van der Waals surface area contributed by atoms with E-state index in [-0.39, 0.29) is 18.6 Å². The zero-order valence-electron chi connectivity index (χ0n) is 10.9. The molecule has 0 aromatic heterocycles. The zero-order chi connectivity index (χ0) is 13.5. The second-order valence-electron chi connectivity index (χ2n) is 4.50. The van der Waals surface area contributed by atoms with E-state index < -0.39 is 0 Å². The molecule has 0 bridgehead atoms. The summed E-state index contributed by atoms with van der Waals surface area (Å²) in [6.07, 6.45) is 0.0525. The van der Waals surface area contributed by atoms with Crippen molar-refractivity contribution in [3.05, 3.63) is 29.8 Å². The first kappa shape index (κ1) is 14.2. The van der Waals surface area contributed by atoms with Gasteiger partial charge in [-0.3, -0.25) is 4.79 Å². The quantitative estimate of drug-likeness (QED) is 0.868. The van der Waals surface area contributed by atoms with Gasteiger partial charge < -0.3 is 10.1 Å². The lowest BCUT2D eigenvalue weighted by Gasteiger charge is -2.16. The molecule has 0 heterocycles. The second kappa shape index (κ2) is 6.77. The molecule has 1 atom stereocenters. The molecule has 0 aliphatic heterocycles. The molecule has 96 valence electrons. The van der Waals surface area contributed by atoms with Crippen molar-refractivity contribution in [3.63, 3.8) is 0 Å². The fourth-order valence-electron chi connectivity index (χ4n) is 1.22. The lowest BCUT2D eigenvalue weighted by Crippen LogP contribution is -2.24. The van der Waals surface area contributed by atoms with Crippen molar-refractivity contribution in [2.24, 2.45) is 5.92 Å². The fourth-order valence-corrected chi connectivity index (χ4v) is 1.22. The summed E-state index contributed by atoms with van der Waals surface area (Å²) in [6.45, 7) is 6.07. The van der Waals surface area contributed by atoms with Crippen molar-refractivity contribution in [3.8, 4) is 6.07 Å². The second-order valence-corrected chi connectivity index (χ2v) is 4.50. The molecule has 0 aliphatic carbocycles. The number of nitrogens with zero attached hydrogens (tertiary/aromatic N) is 1. The number of ether oxygens (including phenoxy) is 1. The third kappa shape index (κ3) is 4.56. The minimum absolute atomic E-state index is 0.0410. The van der Waals surface area contributed by atoms with E-state index in [1.165, 1.54) is 0 Å². The highest BCUT2D eigenvalue weighted by atomic mass is 16.5. The summed E-state index contributed by atoms with van der Waals surface area (Å²) in [4.78, 5) is 11.6. The van der Waals surface area contributed by atoms with Gasteiger partial charge in [-0.15, -0.1) is 0 Å². The van der Waals surface area contributed by atoms with Gasteiger partial charge in [0.05, 0.1) is 17.7 Å². The maximum Gasteiger partial charge on any atom is 0.250 e. The average molecular weight is 246 g/mol. The number of benzene rings is 1. The Morgan fingerprint density at radius 1 is 1.33 bits per heavy atom. The Balaban J connectivity index is 2.42. The Morgan fingerprint density at radius 2 is 1.94 bits per heavy atom. The Bertz CT molecular complexity index is 432. The van der Waals surface area contributed by atoms with E-state index in [1.54, 1.807) is 24.3 Å². The number of amides is 1. The highest BCUT2D eigenvalue weighted by Crippen LogP contribution is 2.09. The Labute approximate surface area is 108 Å². The molecule has 0 saturated carbocycles. The van der Waals surface area contributed by atoms with Gasteiger partial charge >= 0.3 is 0 Å². The van der Waals surface area contributed by atoms with Crippen molar-refractivity contribution >= 4 is 11.6 Å². The van der Waals surface area contributed by atoms with Gasteiger partial charge in [-0.25, -0.2) is 0 Å². The van der Waals surface area contributed by atoms with E-state index in [4.69, 9.17) is 10.00 Å². The molecule has 4 nitrogen and oxygen atoms in total. The van der Waals surface area contributed by atoms with Gasteiger partial charge in [0.2, 0.25) is 5.91 Å². The van der Waals surface area contributed by atoms with Gasteiger partial charge in [0.25, 0.3) is 0 Å². The normalized spacial score (nSPS) is 11.9. The summed E-state index contributed by atoms with van der Waals surface area (Å²) in [5.41, 5.74) is 1.23. The lowest BCUT2D eigenvalue weighted by atomic mass is 10.1. The molecule has 0 aliphatic rings. The minimum atomic E-state index is -0.188. The fraction of sp³-hybridized carbons (Fsp3) is 0.429. The maximum absolute atomic E-state index is 11.6. The Hall–Kier alpha value is -1.86. The van der Waals surface area contributed by atoms with Crippen LogP contribution in [0, 0.1) is 17.2 Å². The molecule has 1 aromatic carbocycles. The van der Waals surface area contributed by atoms with Crippen LogP contribution in [0.4, 0.5) is 5.69 Å². The summed E-state index contributed by atoms with van der Waals surface area (Å²) >= 11 is 0. The summed E-state index contributed by atoms with van der Waals surface area (Å²) < 4.78 is 5.42. The Morgan fingerprint density at radius 3 is 2.44 bits per heavy atom. The van der Waals surface area contributed by atoms with Crippen LogP contribution in [0.3, 0.4) is 0 Å². The molecule has 1 aromatic rings. The first-order valence-electron chi connectivity index (χ1n) is 5.94. The van der Waals surface area contributed by atoms with Crippen molar-refractivity contribution in [2.45, 2.75) is 26.9 Å². The molecule has 1 N–H and O–H groups in total. The number of anilines is 1. The first-order valence-corrected chi connectivity index (χ1v) is 5.94. The summed E-state index contributed by atoms with van der Waals surface area (Å²) in [6, 6.07) is 8.74. The zero-order valence-corrected chi connectivity index (χ0v) is 10.9. The third-order valence-corrected chi connectivity index (χ3v) is 2.71. The topological polar surface area (TPSA) is 62.1 Å². The number of carbonyl (C=O) groups excluding carboxylic acids is 1. The maximum atomic E-state index is 11.6. The van der Waals surface area contributed by atoms with Crippen LogP contribution in [0.5, 0.6) is 0 Å². The van der Waals surface area contributed by atoms with Crippen LogP contribution in [-0.4, -0.2) is 18.6 Å². The van der Waals surface area contributed by atoms with Gasteiger partial charge in [0.1, 0.15) is 6.61 Å². The first-order chi connectivity index (χ1) is 8.52. The van der Waals surface area contributed by atoms with E-state index in [1.807, 2.05) is 26.8 Å². The number of nitriles is 1. The summed E-state index contributed by atoms with van der Waals surface area (Å²) in [5.74, 6) is 0.194. The molecular formula is C14H18N2O2. The van der Waals surface area contributed by atoms with E-state index in [0.717, 1.165) is 0 Å². The highest BCUT2D eigenvalue weighted by Gasteiger charge is 2.10. The molecule has 0 fully saturated rings. The van der Waals surface area contributed by atoms with Gasteiger partial charge in [0, 0.05) is 5.69 Å². The van der Waals surface area contributed by atoms with Crippen LogP contribution in [0.25, 0.3) is 0 Å². The molecule has 1 unspecified atom stereocenters. The molecule has 0 saturated heterocycles. The van der Waals surface area contributed by atoms with Crippen molar-refractivity contribution in [1.82, 2.24) is 0 Å². The molecule has 4 heteroatoms. The van der Waals surface area contributed by atoms with Crippen LogP contribution < -0.4 is 5.32 Å². The van der Waals surface area contributed by atoms with Crippen LogP contribution in [-0.2, 0) is 9.53 Å². The molecule has 1 amide bonds. The predicted octanol–water partition coefficient (Wildman–Crippen LogP) is 2.56. The smallest absolute Gasteiger partial charge is 0.250 e. The van der Waals surface area contributed by atoms with E-state index in [0.29, 0.717) is 17.2 Å². The van der Waals surface area contributed by atoms with Gasteiger partial charge in [-0.05, 0) is 37.1 Å². The monoisotopic (exact) mass is 246 g/mol. The molecular weight excluding hydrogens is 228 g/mol. The molecule has 0 radical (unpaired) electrons. The van der Waals surface area contributed by atoms with Gasteiger partial charge in [-0.1, -0.05) is 13.8 Å². The largest absolute Gasteiger partial charge is 0.368 e. The van der Waals surface area contributed by atoms with Crippen LogP contribution in [0.15, 0.2) is 24.3 Å². The highest BCUT2D eigenvalue weighted by molar-refractivity contribution is 5.91. The van der Waals surface area contributed by atoms with Crippen molar-refractivity contribution in [1.29, 1.82) is 5.26 Å². The van der Waals surface area contributed by atoms with Crippen LogP contribution in [0.1, 0.15) is 26.3 Å². The van der Waals surface area contributed by atoms with Crippen molar-refractivity contribution < 1.29 is 9.53 Å². The Kier molecular flexibility index (Phi) is 5.34. The minimum Gasteiger partial charge on any atom is -0.368 e.